The summed E-state index contributed by atoms with van der Waals surface area (Å²) in [6, 6.07) is 4.77. The van der Waals surface area contributed by atoms with Crippen molar-refractivity contribution in [2.45, 2.75) is 12.5 Å². The van der Waals surface area contributed by atoms with Crippen LogP contribution in [0.2, 0.25) is 0 Å². The molecule has 1 heterocycles. The predicted molar refractivity (Wildman–Crippen MR) is 71.8 cm³/mol. The molecule has 1 aromatic rings. The summed E-state index contributed by atoms with van der Waals surface area (Å²) in [5, 5.41) is 12.1. The Hall–Kier alpha value is -1.08. The van der Waals surface area contributed by atoms with Crippen LogP contribution < -0.4 is 5.32 Å². The van der Waals surface area contributed by atoms with Gasteiger partial charge >= 0.3 is 5.97 Å². The van der Waals surface area contributed by atoms with Crippen LogP contribution in [0.4, 0.5) is 5.69 Å². The molecule has 1 fully saturated rings. The van der Waals surface area contributed by atoms with E-state index in [0.717, 1.165) is 0 Å². The Labute approximate surface area is 113 Å². The predicted octanol–water partition coefficient (Wildman–Crippen LogP) is 1.75. The highest BCUT2D eigenvalue weighted by Gasteiger charge is 2.28. The van der Waals surface area contributed by atoms with Crippen LogP contribution in [0.15, 0.2) is 22.7 Å². The summed E-state index contributed by atoms with van der Waals surface area (Å²) in [7, 11) is -2.98. The zero-order valence-electron chi connectivity index (χ0n) is 9.39. The maximum absolute atomic E-state index is 11.4. The van der Waals surface area contributed by atoms with Gasteiger partial charge in [0.1, 0.15) is 0 Å². The lowest BCUT2D eigenvalue weighted by Gasteiger charge is -2.15. The van der Waals surface area contributed by atoms with E-state index in [4.69, 9.17) is 5.11 Å². The monoisotopic (exact) mass is 333 g/mol. The molecule has 7 heteroatoms. The molecule has 0 amide bonds. The van der Waals surface area contributed by atoms with Gasteiger partial charge in [0.25, 0.3) is 0 Å². The van der Waals surface area contributed by atoms with E-state index < -0.39 is 15.8 Å². The number of carboxylic acid groups (broad SMARTS) is 1. The van der Waals surface area contributed by atoms with Crippen LogP contribution >= 0.6 is 15.9 Å². The van der Waals surface area contributed by atoms with Gasteiger partial charge in [-0.15, -0.1) is 0 Å². The maximum Gasteiger partial charge on any atom is 0.338 e. The molecule has 1 aliphatic heterocycles. The Balaban J connectivity index is 2.25. The number of hydrogen-bond acceptors (Lipinski definition) is 4. The topological polar surface area (TPSA) is 83.5 Å². The van der Waals surface area contributed by atoms with Gasteiger partial charge in [0.15, 0.2) is 9.84 Å². The van der Waals surface area contributed by atoms with Gasteiger partial charge in [-0.2, -0.15) is 0 Å². The van der Waals surface area contributed by atoms with E-state index in [0.29, 0.717) is 16.6 Å². The van der Waals surface area contributed by atoms with Crippen LogP contribution in [-0.4, -0.2) is 37.0 Å². The van der Waals surface area contributed by atoms with Gasteiger partial charge in [0, 0.05) is 10.5 Å². The van der Waals surface area contributed by atoms with Gasteiger partial charge in [-0.3, -0.25) is 0 Å². The number of sulfone groups is 1. The number of rotatable bonds is 3. The first-order chi connectivity index (χ1) is 8.39. The van der Waals surface area contributed by atoms with Crippen molar-refractivity contribution in [3.63, 3.8) is 0 Å². The SMILES string of the molecule is O=C(O)c1c(Br)cccc1NC1CCS(=O)(=O)C1. The molecular formula is C11H12BrNO4S. The van der Waals surface area contributed by atoms with Gasteiger partial charge in [-0.05, 0) is 34.5 Å². The molecule has 2 rings (SSSR count). The molecule has 1 saturated heterocycles. The zero-order valence-corrected chi connectivity index (χ0v) is 11.8. The number of anilines is 1. The number of carboxylic acids is 1. The van der Waals surface area contributed by atoms with E-state index in [2.05, 4.69) is 21.2 Å². The lowest BCUT2D eigenvalue weighted by molar-refractivity contribution is 0.0697. The van der Waals surface area contributed by atoms with E-state index in [1.54, 1.807) is 18.2 Å². The Bertz CT molecular complexity index is 585. The lowest BCUT2D eigenvalue weighted by Crippen LogP contribution is -2.22. The second kappa shape index (κ2) is 4.89. The van der Waals surface area contributed by atoms with Crippen LogP contribution in [0, 0.1) is 0 Å². The normalized spacial score (nSPS) is 21.7. The van der Waals surface area contributed by atoms with Gasteiger partial charge in [0.05, 0.1) is 22.8 Å². The highest BCUT2D eigenvalue weighted by atomic mass is 79.9. The summed E-state index contributed by atoms with van der Waals surface area (Å²) in [6.07, 6.45) is 0.508. The standard InChI is InChI=1S/C11H12BrNO4S/c12-8-2-1-3-9(10(8)11(14)15)13-7-4-5-18(16,17)6-7/h1-3,7,13H,4-6H2,(H,14,15). The van der Waals surface area contributed by atoms with E-state index >= 15 is 0 Å². The van der Waals surface area contributed by atoms with Gasteiger partial charge in [-0.1, -0.05) is 6.07 Å². The van der Waals surface area contributed by atoms with Crippen LogP contribution in [0.3, 0.4) is 0 Å². The average molecular weight is 334 g/mol. The summed E-state index contributed by atoms with van der Waals surface area (Å²) in [5.41, 5.74) is 0.570. The van der Waals surface area contributed by atoms with Crippen LogP contribution in [0.1, 0.15) is 16.8 Å². The van der Waals surface area contributed by atoms with E-state index in [1.807, 2.05) is 0 Å². The molecule has 2 N–H and O–H groups in total. The van der Waals surface area contributed by atoms with Gasteiger partial charge < -0.3 is 10.4 Å². The third-order valence-corrected chi connectivity index (χ3v) is 5.25. The number of aromatic carboxylic acids is 1. The number of nitrogens with one attached hydrogen (secondary N) is 1. The average Bonchev–Trinajstić information content (AvgIpc) is 2.57. The molecule has 1 aliphatic rings. The molecule has 0 aliphatic carbocycles. The van der Waals surface area contributed by atoms with Crippen molar-refractivity contribution < 1.29 is 18.3 Å². The molecule has 1 aromatic carbocycles. The fourth-order valence-electron chi connectivity index (χ4n) is 1.99. The molecule has 18 heavy (non-hydrogen) atoms. The molecule has 1 atom stereocenters. The molecular weight excluding hydrogens is 322 g/mol. The minimum absolute atomic E-state index is 0.0541. The fraction of sp³-hybridized carbons (Fsp3) is 0.364. The largest absolute Gasteiger partial charge is 0.478 e. The summed E-state index contributed by atoms with van der Waals surface area (Å²) < 4.78 is 23.2. The van der Waals surface area contributed by atoms with Crippen molar-refractivity contribution in [3.05, 3.63) is 28.2 Å². The summed E-state index contributed by atoms with van der Waals surface area (Å²) in [4.78, 5) is 11.2. The van der Waals surface area contributed by atoms with Crippen molar-refractivity contribution in [1.82, 2.24) is 0 Å². The minimum Gasteiger partial charge on any atom is -0.478 e. The van der Waals surface area contributed by atoms with Crippen LogP contribution in [0.5, 0.6) is 0 Å². The molecule has 5 nitrogen and oxygen atoms in total. The smallest absolute Gasteiger partial charge is 0.338 e. The molecule has 0 bridgehead atoms. The first kappa shape index (κ1) is 13.4. The second-order valence-electron chi connectivity index (χ2n) is 4.21. The fourth-order valence-corrected chi connectivity index (χ4v) is 4.20. The Morgan fingerprint density at radius 3 is 2.72 bits per heavy atom. The molecule has 1 unspecified atom stereocenters. The summed E-state index contributed by atoms with van der Waals surface area (Å²) in [6.45, 7) is 0. The third-order valence-electron chi connectivity index (χ3n) is 2.82. The zero-order chi connectivity index (χ0) is 13.3. The van der Waals surface area contributed by atoms with Crippen molar-refractivity contribution in [2.24, 2.45) is 0 Å². The molecule has 0 aromatic heterocycles. The quantitative estimate of drug-likeness (QED) is 0.880. The summed E-state index contributed by atoms with van der Waals surface area (Å²) >= 11 is 3.18. The number of carbonyl (C=O) groups is 1. The first-order valence-corrected chi connectivity index (χ1v) is 7.99. The first-order valence-electron chi connectivity index (χ1n) is 5.38. The molecule has 0 saturated carbocycles. The third kappa shape index (κ3) is 2.84. The molecule has 0 radical (unpaired) electrons. The highest BCUT2D eigenvalue weighted by Crippen LogP contribution is 2.27. The van der Waals surface area contributed by atoms with Gasteiger partial charge in [-0.25, -0.2) is 13.2 Å². The summed E-state index contributed by atoms with van der Waals surface area (Å²) in [5.74, 6) is -0.842. The Morgan fingerprint density at radius 1 is 1.44 bits per heavy atom. The molecule has 98 valence electrons. The molecule has 0 spiro atoms. The van der Waals surface area contributed by atoms with Crippen molar-refractivity contribution in [3.8, 4) is 0 Å². The Kier molecular flexibility index (Phi) is 3.63. The van der Waals surface area contributed by atoms with E-state index in [9.17, 15) is 13.2 Å². The number of hydrogen-bond donors (Lipinski definition) is 2. The van der Waals surface area contributed by atoms with Crippen LogP contribution in [0.25, 0.3) is 0 Å². The highest BCUT2D eigenvalue weighted by molar-refractivity contribution is 9.10. The van der Waals surface area contributed by atoms with Gasteiger partial charge in [0.2, 0.25) is 0 Å². The lowest BCUT2D eigenvalue weighted by atomic mass is 10.1. The number of benzene rings is 1. The maximum atomic E-state index is 11.4. The van der Waals surface area contributed by atoms with Crippen molar-refractivity contribution in [1.29, 1.82) is 0 Å². The van der Waals surface area contributed by atoms with Crippen molar-refractivity contribution in [2.75, 3.05) is 16.8 Å². The number of halogens is 1. The van der Waals surface area contributed by atoms with E-state index in [-0.39, 0.29) is 23.1 Å². The van der Waals surface area contributed by atoms with Crippen molar-refractivity contribution >= 4 is 37.4 Å². The van der Waals surface area contributed by atoms with Crippen LogP contribution in [-0.2, 0) is 9.84 Å². The minimum atomic E-state index is -2.98. The van der Waals surface area contributed by atoms with E-state index in [1.165, 1.54) is 0 Å². The second-order valence-corrected chi connectivity index (χ2v) is 7.29. The Morgan fingerprint density at radius 2 is 2.17 bits per heavy atom.